The lowest BCUT2D eigenvalue weighted by molar-refractivity contribution is 0.0957. The van der Waals surface area contributed by atoms with E-state index in [1.54, 1.807) is 0 Å². The number of hydrogen-bond donors (Lipinski definition) is 0. The summed E-state index contributed by atoms with van der Waals surface area (Å²) in [4.78, 5) is 12.8. The molecule has 0 amide bonds. The van der Waals surface area contributed by atoms with Gasteiger partial charge in [0.05, 0.1) is 5.56 Å². The van der Waals surface area contributed by atoms with Gasteiger partial charge in [0.2, 0.25) is 0 Å². The second-order valence-corrected chi connectivity index (χ2v) is 6.14. The van der Waals surface area contributed by atoms with Crippen LogP contribution in [0.1, 0.15) is 45.3 Å². The first kappa shape index (κ1) is 12.0. The molecular formula is C18H18O2. The van der Waals surface area contributed by atoms with Crippen LogP contribution in [-0.2, 0) is 6.42 Å². The van der Waals surface area contributed by atoms with Crippen molar-refractivity contribution in [2.75, 3.05) is 0 Å². The highest BCUT2D eigenvalue weighted by Gasteiger charge is 2.57. The number of aryl methyl sites for hydroxylation is 3. The summed E-state index contributed by atoms with van der Waals surface area (Å²) in [6.07, 6.45) is 2.26. The van der Waals surface area contributed by atoms with Gasteiger partial charge in [-0.1, -0.05) is 24.3 Å². The third kappa shape index (κ3) is 1.60. The second kappa shape index (κ2) is 4.08. The molecule has 2 aromatic rings. The highest BCUT2D eigenvalue weighted by Crippen LogP contribution is 2.60. The van der Waals surface area contributed by atoms with E-state index in [4.69, 9.17) is 4.42 Å². The third-order valence-corrected chi connectivity index (χ3v) is 4.94. The number of ketones is 1. The molecule has 2 aliphatic carbocycles. The lowest BCUT2D eigenvalue weighted by Gasteiger charge is -2.13. The maximum absolute atomic E-state index is 12.8. The van der Waals surface area contributed by atoms with Crippen molar-refractivity contribution in [3.05, 3.63) is 58.5 Å². The highest BCUT2D eigenvalue weighted by molar-refractivity contribution is 6.01. The summed E-state index contributed by atoms with van der Waals surface area (Å²) in [5.41, 5.74) is 3.63. The van der Waals surface area contributed by atoms with Crippen molar-refractivity contribution in [3.8, 4) is 0 Å². The van der Waals surface area contributed by atoms with E-state index in [-0.39, 0.29) is 11.7 Å². The van der Waals surface area contributed by atoms with E-state index in [9.17, 15) is 4.79 Å². The molecule has 1 saturated carbocycles. The Labute approximate surface area is 118 Å². The first-order valence-electron chi connectivity index (χ1n) is 7.36. The van der Waals surface area contributed by atoms with Gasteiger partial charge in [-0.05, 0) is 55.7 Å². The van der Waals surface area contributed by atoms with Crippen molar-refractivity contribution >= 4 is 5.78 Å². The lowest BCUT2D eigenvalue weighted by Crippen LogP contribution is -2.04. The van der Waals surface area contributed by atoms with E-state index in [0.717, 1.165) is 29.9 Å². The van der Waals surface area contributed by atoms with Crippen LogP contribution < -0.4 is 0 Å². The van der Waals surface area contributed by atoms with Crippen LogP contribution in [0.2, 0.25) is 0 Å². The zero-order valence-electron chi connectivity index (χ0n) is 11.8. The van der Waals surface area contributed by atoms with E-state index in [1.165, 1.54) is 11.1 Å². The van der Waals surface area contributed by atoms with E-state index in [0.29, 0.717) is 11.8 Å². The number of benzene rings is 1. The molecular weight excluding hydrogens is 248 g/mol. The van der Waals surface area contributed by atoms with Crippen LogP contribution in [0.25, 0.3) is 0 Å². The number of Topliss-reactive ketones (excluding diaryl/α,β-unsaturated/α-hetero) is 1. The first-order valence-corrected chi connectivity index (χ1v) is 7.36. The molecule has 20 heavy (non-hydrogen) atoms. The summed E-state index contributed by atoms with van der Waals surface area (Å²) in [7, 11) is 0. The molecule has 3 atom stereocenters. The van der Waals surface area contributed by atoms with Crippen molar-refractivity contribution in [1.29, 1.82) is 0 Å². The molecule has 0 radical (unpaired) electrons. The normalized spacial score (nSPS) is 26.8. The average molecular weight is 266 g/mol. The Hall–Kier alpha value is -1.83. The highest BCUT2D eigenvalue weighted by atomic mass is 16.3. The Bertz CT molecular complexity index is 695. The van der Waals surface area contributed by atoms with E-state index in [1.807, 2.05) is 19.9 Å². The number of carbonyl (C=O) groups excluding carboxylic acids is 1. The molecule has 1 fully saturated rings. The lowest BCUT2D eigenvalue weighted by atomic mass is 9.92. The number of hydrogen-bond acceptors (Lipinski definition) is 2. The van der Waals surface area contributed by atoms with Crippen LogP contribution >= 0.6 is 0 Å². The molecule has 2 nitrogen and oxygen atoms in total. The van der Waals surface area contributed by atoms with Crippen molar-refractivity contribution in [1.82, 2.24) is 0 Å². The molecule has 0 spiro atoms. The van der Waals surface area contributed by atoms with Crippen molar-refractivity contribution < 1.29 is 9.21 Å². The van der Waals surface area contributed by atoms with Gasteiger partial charge in [0.1, 0.15) is 11.5 Å². The summed E-state index contributed by atoms with van der Waals surface area (Å²) in [5.74, 6) is 3.05. The molecule has 0 aliphatic heterocycles. The van der Waals surface area contributed by atoms with E-state index < -0.39 is 0 Å². The minimum atomic E-state index is 0.175. The van der Waals surface area contributed by atoms with Gasteiger partial charge in [0.15, 0.2) is 5.78 Å². The van der Waals surface area contributed by atoms with Crippen LogP contribution in [-0.4, -0.2) is 5.78 Å². The molecule has 2 aliphatic rings. The molecule has 0 N–H and O–H groups in total. The third-order valence-electron chi connectivity index (χ3n) is 4.94. The van der Waals surface area contributed by atoms with Crippen LogP contribution in [0.3, 0.4) is 0 Å². The van der Waals surface area contributed by atoms with E-state index >= 15 is 0 Å². The first-order chi connectivity index (χ1) is 9.66. The smallest absolute Gasteiger partial charge is 0.170 e. The average Bonchev–Trinajstić information content (AvgIpc) is 3.09. The quantitative estimate of drug-likeness (QED) is 0.767. The Kier molecular flexibility index (Phi) is 2.44. The molecule has 102 valence electrons. The SMILES string of the molecule is Cc1cc(C(=O)C2C3CCc4ccccc4C32)c(C)o1. The minimum Gasteiger partial charge on any atom is -0.466 e. The summed E-state index contributed by atoms with van der Waals surface area (Å²) in [6.45, 7) is 3.79. The maximum atomic E-state index is 12.8. The zero-order chi connectivity index (χ0) is 13.9. The van der Waals surface area contributed by atoms with E-state index in [2.05, 4.69) is 24.3 Å². The predicted molar refractivity (Wildman–Crippen MR) is 77.0 cm³/mol. The largest absolute Gasteiger partial charge is 0.466 e. The van der Waals surface area contributed by atoms with Crippen LogP contribution in [0.5, 0.6) is 0 Å². The van der Waals surface area contributed by atoms with Crippen LogP contribution in [0, 0.1) is 25.7 Å². The van der Waals surface area contributed by atoms with Crippen LogP contribution in [0.15, 0.2) is 34.7 Å². The van der Waals surface area contributed by atoms with Crippen molar-refractivity contribution in [2.24, 2.45) is 11.8 Å². The number of rotatable bonds is 2. The Morgan fingerprint density at radius 3 is 2.80 bits per heavy atom. The summed E-state index contributed by atoms with van der Waals surface area (Å²) in [6, 6.07) is 10.5. The molecule has 2 heteroatoms. The Morgan fingerprint density at radius 2 is 2.05 bits per heavy atom. The number of fused-ring (bicyclic) bond motifs is 3. The fraction of sp³-hybridized carbons (Fsp3) is 0.389. The van der Waals surface area contributed by atoms with Crippen LogP contribution in [0.4, 0.5) is 0 Å². The van der Waals surface area contributed by atoms with Crippen molar-refractivity contribution in [3.63, 3.8) is 0 Å². The summed E-state index contributed by atoms with van der Waals surface area (Å²) >= 11 is 0. The molecule has 0 bridgehead atoms. The summed E-state index contributed by atoms with van der Waals surface area (Å²) in [5, 5.41) is 0. The molecule has 1 aromatic carbocycles. The maximum Gasteiger partial charge on any atom is 0.170 e. The fourth-order valence-corrected chi connectivity index (χ4v) is 3.98. The molecule has 1 aromatic heterocycles. The molecule has 1 heterocycles. The topological polar surface area (TPSA) is 30.2 Å². The molecule has 3 unspecified atom stereocenters. The van der Waals surface area contributed by atoms with Gasteiger partial charge in [-0.25, -0.2) is 0 Å². The minimum absolute atomic E-state index is 0.175. The molecule has 0 saturated heterocycles. The summed E-state index contributed by atoms with van der Waals surface area (Å²) < 4.78 is 5.52. The Morgan fingerprint density at radius 1 is 1.25 bits per heavy atom. The monoisotopic (exact) mass is 266 g/mol. The number of furan rings is 1. The number of carbonyl (C=O) groups is 1. The zero-order valence-corrected chi connectivity index (χ0v) is 11.8. The van der Waals surface area contributed by atoms with Gasteiger partial charge in [0, 0.05) is 5.92 Å². The standard InChI is InChI=1S/C18H18O2/c1-10-9-15(11(2)20-10)18(19)17-14-8-7-12-5-3-4-6-13(12)16(14)17/h3-6,9,14,16-17H,7-8H2,1-2H3. The van der Waals surface area contributed by atoms with Crippen molar-refractivity contribution in [2.45, 2.75) is 32.6 Å². The van der Waals surface area contributed by atoms with Gasteiger partial charge < -0.3 is 4.42 Å². The molecule has 4 rings (SSSR count). The fourth-order valence-electron chi connectivity index (χ4n) is 3.98. The van der Waals surface area contributed by atoms with Gasteiger partial charge in [-0.3, -0.25) is 4.79 Å². The second-order valence-electron chi connectivity index (χ2n) is 6.14. The van der Waals surface area contributed by atoms with Gasteiger partial charge >= 0.3 is 0 Å². The van der Waals surface area contributed by atoms with Gasteiger partial charge in [0.25, 0.3) is 0 Å². The van der Waals surface area contributed by atoms with Gasteiger partial charge in [-0.2, -0.15) is 0 Å². The van der Waals surface area contributed by atoms with Gasteiger partial charge in [-0.15, -0.1) is 0 Å². The predicted octanol–water partition coefficient (Wildman–Crippen LogP) is 4.06. The Balaban J connectivity index is 1.67.